The molecule has 0 spiro atoms. The first-order valence-electron chi connectivity index (χ1n) is 6.33. The van der Waals surface area contributed by atoms with E-state index in [2.05, 4.69) is 22.2 Å². The average Bonchev–Trinajstić information content (AvgIpc) is 2.85. The number of nitrogens with one attached hydrogen (secondary N) is 1. The molecule has 2 heterocycles. The number of hydrogen-bond donors (Lipinski definition) is 1. The minimum atomic E-state index is 0.0372. The molecule has 1 unspecified atom stereocenters. The van der Waals surface area contributed by atoms with Gasteiger partial charge >= 0.3 is 0 Å². The lowest BCUT2D eigenvalue weighted by Gasteiger charge is -2.12. The van der Waals surface area contributed by atoms with Gasteiger partial charge in [-0.1, -0.05) is 0 Å². The fraction of sp³-hybridized carbons (Fsp3) is 0.538. The molecule has 0 bridgehead atoms. The van der Waals surface area contributed by atoms with E-state index in [1.807, 2.05) is 18.4 Å². The summed E-state index contributed by atoms with van der Waals surface area (Å²) in [4.78, 5) is 10.0. The van der Waals surface area contributed by atoms with Crippen LogP contribution in [0.15, 0.2) is 11.4 Å². The minimum Gasteiger partial charge on any atom is -0.382 e. The molecule has 0 aliphatic rings. The van der Waals surface area contributed by atoms with Crippen molar-refractivity contribution in [1.82, 2.24) is 9.97 Å². The summed E-state index contributed by atoms with van der Waals surface area (Å²) < 4.78 is 10.7. The van der Waals surface area contributed by atoms with Gasteiger partial charge in [-0.2, -0.15) is 0 Å². The van der Waals surface area contributed by atoms with Crippen molar-refractivity contribution < 1.29 is 9.47 Å². The van der Waals surface area contributed by atoms with Gasteiger partial charge in [0.05, 0.1) is 18.1 Å². The summed E-state index contributed by atoms with van der Waals surface area (Å²) in [6, 6.07) is 2.04. The van der Waals surface area contributed by atoms with E-state index in [0.717, 1.165) is 22.6 Å². The Bertz CT molecular complexity index is 530. The predicted molar refractivity (Wildman–Crippen MR) is 77.7 cm³/mol. The third-order valence-electron chi connectivity index (χ3n) is 2.61. The van der Waals surface area contributed by atoms with E-state index in [1.165, 1.54) is 0 Å². The minimum absolute atomic E-state index is 0.0372. The topological polar surface area (TPSA) is 56.3 Å². The lowest BCUT2D eigenvalue weighted by molar-refractivity contribution is -0.00257. The highest BCUT2D eigenvalue weighted by Gasteiger charge is 2.10. The molecule has 0 saturated carbocycles. The van der Waals surface area contributed by atoms with Crippen molar-refractivity contribution in [3.8, 4) is 0 Å². The number of rotatable bonds is 7. The van der Waals surface area contributed by atoms with Crippen molar-refractivity contribution in [3.05, 3.63) is 17.3 Å². The van der Waals surface area contributed by atoms with Crippen LogP contribution in [-0.4, -0.2) is 36.3 Å². The first-order chi connectivity index (χ1) is 9.24. The van der Waals surface area contributed by atoms with Crippen LogP contribution in [0.3, 0.4) is 0 Å². The number of aromatic nitrogens is 2. The Morgan fingerprint density at radius 2 is 2.26 bits per heavy atom. The third kappa shape index (κ3) is 3.62. The molecule has 19 heavy (non-hydrogen) atoms. The summed E-state index contributed by atoms with van der Waals surface area (Å²) in [6.07, 6.45) is 0.0372. The van der Waals surface area contributed by atoms with Crippen molar-refractivity contribution in [3.63, 3.8) is 0 Å². The third-order valence-corrected chi connectivity index (χ3v) is 3.42. The first-order valence-corrected chi connectivity index (χ1v) is 7.21. The molecule has 1 N–H and O–H groups in total. The Kier molecular flexibility index (Phi) is 5.07. The fourth-order valence-corrected chi connectivity index (χ4v) is 2.55. The SMILES string of the molecule is CCNc1nc(COC(C)COC)nc2sccc12. The second-order valence-corrected chi connectivity index (χ2v) is 5.13. The van der Waals surface area contributed by atoms with Crippen LogP contribution in [0.2, 0.25) is 0 Å². The molecule has 104 valence electrons. The van der Waals surface area contributed by atoms with Crippen molar-refractivity contribution in [1.29, 1.82) is 0 Å². The van der Waals surface area contributed by atoms with E-state index in [0.29, 0.717) is 19.0 Å². The van der Waals surface area contributed by atoms with Gasteiger partial charge in [0.25, 0.3) is 0 Å². The molecule has 2 rings (SSSR count). The lowest BCUT2D eigenvalue weighted by atomic mass is 10.3. The fourth-order valence-electron chi connectivity index (χ4n) is 1.77. The monoisotopic (exact) mass is 281 g/mol. The highest BCUT2D eigenvalue weighted by molar-refractivity contribution is 7.16. The molecule has 0 saturated heterocycles. The van der Waals surface area contributed by atoms with Crippen molar-refractivity contribution in [2.75, 3.05) is 25.6 Å². The standard InChI is InChI=1S/C13H19N3O2S/c1-4-14-12-10-5-6-19-13(10)16-11(15-12)8-18-9(2)7-17-3/h5-6,9H,4,7-8H2,1-3H3,(H,14,15,16). The molecule has 0 fully saturated rings. The smallest absolute Gasteiger partial charge is 0.158 e. The molecular formula is C13H19N3O2S. The molecule has 0 amide bonds. The molecule has 2 aromatic rings. The van der Waals surface area contributed by atoms with E-state index >= 15 is 0 Å². The Morgan fingerprint density at radius 1 is 1.42 bits per heavy atom. The van der Waals surface area contributed by atoms with Crippen LogP contribution in [0.5, 0.6) is 0 Å². The van der Waals surface area contributed by atoms with Gasteiger partial charge in [-0.3, -0.25) is 0 Å². The summed E-state index contributed by atoms with van der Waals surface area (Å²) in [5.41, 5.74) is 0. The number of ether oxygens (including phenoxy) is 2. The largest absolute Gasteiger partial charge is 0.382 e. The Hall–Kier alpha value is -1.24. The van der Waals surface area contributed by atoms with Gasteiger partial charge in [0.15, 0.2) is 5.82 Å². The number of nitrogens with zero attached hydrogens (tertiary/aromatic N) is 2. The van der Waals surface area contributed by atoms with Crippen LogP contribution in [0.1, 0.15) is 19.7 Å². The highest BCUT2D eigenvalue weighted by atomic mass is 32.1. The van der Waals surface area contributed by atoms with Gasteiger partial charge < -0.3 is 14.8 Å². The Labute approximate surface area is 117 Å². The number of methoxy groups -OCH3 is 1. The van der Waals surface area contributed by atoms with Crippen molar-refractivity contribution >= 4 is 27.4 Å². The summed E-state index contributed by atoms with van der Waals surface area (Å²) in [6.45, 7) is 5.83. The van der Waals surface area contributed by atoms with Gasteiger partial charge in [0, 0.05) is 13.7 Å². The van der Waals surface area contributed by atoms with Gasteiger partial charge in [0.1, 0.15) is 17.3 Å². The normalized spacial score (nSPS) is 12.8. The molecule has 0 radical (unpaired) electrons. The summed E-state index contributed by atoms with van der Waals surface area (Å²) in [5.74, 6) is 1.58. The van der Waals surface area contributed by atoms with Crippen LogP contribution in [0, 0.1) is 0 Å². The Morgan fingerprint density at radius 3 is 3.00 bits per heavy atom. The number of hydrogen-bond acceptors (Lipinski definition) is 6. The predicted octanol–water partition coefficient (Wildman–Crippen LogP) is 2.67. The van der Waals surface area contributed by atoms with Gasteiger partial charge in [0.2, 0.25) is 0 Å². The van der Waals surface area contributed by atoms with Crippen LogP contribution in [0.4, 0.5) is 5.82 Å². The quantitative estimate of drug-likeness (QED) is 0.845. The van der Waals surface area contributed by atoms with Crippen LogP contribution in [0.25, 0.3) is 10.2 Å². The van der Waals surface area contributed by atoms with Crippen LogP contribution >= 0.6 is 11.3 Å². The molecular weight excluding hydrogens is 262 g/mol. The highest BCUT2D eigenvalue weighted by Crippen LogP contribution is 2.25. The molecule has 0 aromatic carbocycles. The zero-order valence-electron chi connectivity index (χ0n) is 11.5. The van der Waals surface area contributed by atoms with Crippen molar-refractivity contribution in [2.45, 2.75) is 26.6 Å². The summed E-state index contributed by atoms with van der Waals surface area (Å²) in [7, 11) is 1.66. The van der Waals surface area contributed by atoms with Crippen LogP contribution < -0.4 is 5.32 Å². The van der Waals surface area contributed by atoms with E-state index < -0.39 is 0 Å². The molecule has 6 heteroatoms. The number of fused-ring (bicyclic) bond motifs is 1. The first kappa shape index (κ1) is 14.2. The average molecular weight is 281 g/mol. The molecule has 5 nitrogen and oxygen atoms in total. The summed E-state index contributed by atoms with van der Waals surface area (Å²) >= 11 is 1.61. The Balaban J connectivity index is 2.14. The van der Waals surface area contributed by atoms with E-state index in [9.17, 15) is 0 Å². The number of thiophene rings is 1. The maximum atomic E-state index is 5.65. The van der Waals surface area contributed by atoms with Gasteiger partial charge in [-0.05, 0) is 25.3 Å². The maximum absolute atomic E-state index is 5.65. The molecule has 1 atom stereocenters. The number of anilines is 1. The molecule has 0 aliphatic heterocycles. The van der Waals surface area contributed by atoms with Crippen molar-refractivity contribution in [2.24, 2.45) is 0 Å². The van der Waals surface area contributed by atoms with Crippen LogP contribution in [-0.2, 0) is 16.1 Å². The molecule has 0 aliphatic carbocycles. The summed E-state index contributed by atoms with van der Waals surface area (Å²) in [5, 5.41) is 6.36. The second kappa shape index (κ2) is 6.79. The van der Waals surface area contributed by atoms with E-state index in [1.54, 1.807) is 18.4 Å². The van der Waals surface area contributed by atoms with Gasteiger partial charge in [-0.25, -0.2) is 9.97 Å². The molecule has 2 aromatic heterocycles. The van der Waals surface area contributed by atoms with E-state index in [4.69, 9.17) is 9.47 Å². The maximum Gasteiger partial charge on any atom is 0.158 e. The van der Waals surface area contributed by atoms with Gasteiger partial charge in [-0.15, -0.1) is 11.3 Å². The zero-order chi connectivity index (χ0) is 13.7. The second-order valence-electron chi connectivity index (χ2n) is 4.24. The zero-order valence-corrected chi connectivity index (χ0v) is 12.3. The lowest BCUT2D eigenvalue weighted by Crippen LogP contribution is -2.15. The van der Waals surface area contributed by atoms with E-state index in [-0.39, 0.29) is 6.10 Å².